The Balaban J connectivity index is 1.58. The first kappa shape index (κ1) is 20.3. The molecule has 0 radical (unpaired) electrons. The molecule has 0 bridgehead atoms. The number of nitrogens with two attached hydrogens (primary N) is 1. The Kier molecular flexibility index (Phi) is 6.03. The van der Waals surface area contributed by atoms with Crippen LogP contribution < -0.4 is 19.9 Å². The highest BCUT2D eigenvalue weighted by Gasteiger charge is 2.15. The summed E-state index contributed by atoms with van der Waals surface area (Å²) in [5.41, 5.74) is 9.38. The second kappa shape index (κ2) is 9.21. The summed E-state index contributed by atoms with van der Waals surface area (Å²) in [6.45, 7) is 0.454. The molecule has 0 unspecified atom stereocenters. The molecule has 4 rings (SSSR count). The van der Waals surface area contributed by atoms with Gasteiger partial charge < -0.3 is 19.9 Å². The second-order valence-electron chi connectivity index (χ2n) is 6.90. The number of anilines is 1. The van der Waals surface area contributed by atoms with E-state index in [9.17, 15) is 0 Å². The number of nitrogen functional groups attached to an aromatic ring is 1. The number of rotatable bonds is 8. The molecular formula is C24H24N4O3. The van der Waals surface area contributed by atoms with Crippen molar-refractivity contribution in [2.24, 2.45) is 0 Å². The Morgan fingerprint density at radius 1 is 0.871 bits per heavy atom. The van der Waals surface area contributed by atoms with Crippen molar-refractivity contribution in [3.63, 3.8) is 0 Å². The molecule has 0 amide bonds. The molecule has 1 aromatic heterocycles. The summed E-state index contributed by atoms with van der Waals surface area (Å²) < 4.78 is 18.2. The van der Waals surface area contributed by atoms with Gasteiger partial charge in [-0.3, -0.25) is 0 Å². The number of hydrogen-bond donors (Lipinski definition) is 1. The predicted octanol–water partition coefficient (Wildman–Crippen LogP) is 4.16. The Labute approximate surface area is 181 Å². The van der Waals surface area contributed by atoms with E-state index in [1.807, 2.05) is 72.8 Å². The molecule has 7 nitrogen and oxygen atoms in total. The molecule has 31 heavy (non-hydrogen) atoms. The molecule has 2 N–H and O–H groups in total. The van der Waals surface area contributed by atoms with Gasteiger partial charge in [-0.1, -0.05) is 24.3 Å². The molecule has 0 aliphatic heterocycles. The van der Waals surface area contributed by atoms with Crippen molar-refractivity contribution in [2.75, 3.05) is 26.6 Å². The molecule has 158 valence electrons. The van der Waals surface area contributed by atoms with Gasteiger partial charge in [0.05, 0.1) is 26.5 Å². The lowest BCUT2D eigenvalue weighted by molar-refractivity contribution is 0.296. The van der Waals surface area contributed by atoms with Gasteiger partial charge in [0.25, 0.3) is 0 Å². The van der Waals surface area contributed by atoms with Crippen LogP contribution in [0.3, 0.4) is 0 Å². The summed E-state index contributed by atoms with van der Waals surface area (Å²) in [5.74, 6) is 2.23. The Morgan fingerprint density at radius 2 is 1.61 bits per heavy atom. The Bertz CT molecular complexity index is 1140. The van der Waals surface area contributed by atoms with Crippen molar-refractivity contribution >= 4 is 5.69 Å². The number of benzene rings is 3. The van der Waals surface area contributed by atoms with Crippen molar-refractivity contribution in [1.82, 2.24) is 14.8 Å². The molecule has 7 heteroatoms. The van der Waals surface area contributed by atoms with E-state index in [1.54, 1.807) is 18.9 Å². The third kappa shape index (κ3) is 4.78. The largest absolute Gasteiger partial charge is 0.497 e. The summed E-state index contributed by atoms with van der Waals surface area (Å²) in [6.07, 6.45) is 0.731. The van der Waals surface area contributed by atoms with E-state index >= 15 is 0 Å². The van der Waals surface area contributed by atoms with Crippen LogP contribution in [-0.2, 0) is 6.42 Å². The summed E-state index contributed by atoms with van der Waals surface area (Å²) >= 11 is 0. The van der Waals surface area contributed by atoms with Crippen LogP contribution in [0, 0.1) is 0 Å². The number of nitrogens with zero attached hydrogens (tertiary/aromatic N) is 3. The van der Waals surface area contributed by atoms with E-state index in [0.29, 0.717) is 24.1 Å². The van der Waals surface area contributed by atoms with Gasteiger partial charge >= 0.3 is 6.01 Å². The number of methoxy groups -OCH3 is 2. The standard InChI is InChI=1S/C24H24N4O3/c1-29-21-12-6-17(7-13-21)14-15-31-24-26-23(18-4-3-5-22(16-18)30-2)28(27-24)20-10-8-19(25)9-11-20/h3-13,16H,14-15,25H2,1-2H3. The molecule has 0 atom stereocenters. The highest BCUT2D eigenvalue weighted by atomic mass is 16.5. The van der Waals surface area contributed by atoms with Crippen LogP contribution in [-0.4, -0.2) is 35.6 Å². The number of aromatic nitrogens is 3. The van der Waals surface area contributed by atoms with E-state index in [0.717, 1.165) is 34.7 Å². The Morgan fingerprint density at radius 3 is 2.32 bits per heavy atom. The highest BCUT2D eigenvalue weighted by molar-refractivity contribution is 5.61. The van der Waals surface area contributed by atoms with Crippen LogP contribution in [0.5, 0.6) is 17.5 Å². The van der Waals surface area contributed by atoms with Crippen molar-refractivity contribution in [1.29, 1.82) is 0 Å². The molecule has 1 heterocycles. The first-order chi connectivity index (χ1) is 15.2. The molecule has 4 aromatic rings. The van der Waals surface area contributed by atoms with Crippen LogP contribution in [0.2, 0.25) is 0 Å². The van der Waals surface area contributed by atoms with E-state index < -0.39 is 0 Å². The van der Waals surface area contributed by atoms with Crippen LogP contribution in [0.1, 0.15) is 5.56 Å². The molecule has 3 aromatic carbocycles. The van der Waals surface area contributed by atoms with Gasteiger partial charge in [0.1, 0.15) is 11.5 Å². The maximum atomic E-state index is 5.88. The molecular weight excluding hydrogens is 392 g/mol. The quantitative estimate of drug-likeness (QED) is 0.434. The fourth-order valence-electron chi connectivity index (χ4n) is 3.15. The van der Waals surface area contributed by atoms with Gasteiger partial charge in [0, 0.05) is 17.7 Å². The summed E-state index contributed by atoms with van der Waals surface area (Å²) in [5, 5.41) is 4.58. The van der Waals surface area contributed by atoms with Gasteiger partial charge in [-0.05, 0) is 54.1 Å². The molecule has 0 saturated heterocycles. The average Bonchev–Trinajstić information content (AvgIpc) is 3.24. The third-order valence-electron chi connectivity index (χ3n) is 4.83. The predicted molar refractivity (Wildman–Crippen MR) is 120 cm³/mol. The van der Waals surface area contributed by atoms with Crippen LogP contribution in [0.4, 0.5) is 5.69 Å². The zero-order chi connectivity index (χ0) is 21.6. The fraction of sp³-hybridized carbons (Fsp3) is 0.167. The lowest BCUT2D eigenvalue weighted by atomic mass is 10.1. The van der Waals surface area contributed by atoms with Gasteiger partial charge in [-0.15, -0.1) is 5.10 Å². The van der Waals surface area contributed by atoms with Gasteiger partial charge in [-0.2, -0.15) is 4.98 Å². The van der Waals surface area contributed by atoms with Crippen LogP contribution >= 0.6 is 0 Å². The van der Waals surface area contributed by atoms with E-state index in [1.165, 1.54) is 0 Å². The van der Waals surface area contributed by atoms with E-state index in [-0.39, 0.29) is 0 Å². The van der Waals surface area contributed by atoms with Crippen molar-refractivity contribution in [3.05, 3.63) is 78.4 Å². The van der Waals surface area contributed by atoms with Crippen LogP contribution in [0.15, 0.2) is 72.8 Å². The maximum Gasteiger partial charge on any atom is 0.336 e. The van der Waals surface area contributed by atoms with Crippen molar-refractivity contribution < 1.29 is 14.2 Å². The minimum atomic E-state index is 0.308. The third-order valence-corrected chi connectivity index (χ3v) is 4.83. The first-order valence-electron chi connectivity index (χ1n) is 9.89. The highest BCUT2D eigenvalue weighted by Crippen LogP contribution is 2.27. The molecule has 0 aliphatic rings. The van der Waals surface area contributed by atoms with Gasteiger partial charge in [-0.25, -0.2) is 4.68 Å². The summed E-state index contributed by atoms with van der Waals surface area (Å²) in [4.78, 5) is 4.64. The minimum Gasteiger partial charge on any atom is -0.497 e. The number of ether oxygens (including phenoxy) is 3. The van der Waals surface area contributed by atoms with Crippen molar-refractivity contribution in [2.45, 2.75) is 6.42 Å². The Hall–Kier alpha value is -4.00. The zero-order valence-electron chi connectivity index (χ0n) is 17.5. The topological polar surface area (TPSA) is 84.4 Å². The number of hydrogen-bond acceptors (Lipinski definition) is 6. The van der Waals surface area contributed by atoms with Crippen LogP contribution in [0.25, 0.3) is 17.1 Å². The van der Waals surface area contributed by atoms with Gasteiger partial charge in [0.15, 0.2) is 5.82 Å². The monoisotopic (exact) mass is 416 g/mol. The average molecular weight is 416 g/mol. The maximum absolute atomic E-state index is 5.88. The first-order valence-corrected chi connectivity index (χ1v) is 9.89. The normalized spacial score (nSPS) is 10.6. The SMILES string of the molecule is COc1ccc(CCOc2nc(-c3cccc(OC)c3)n(-c3ccc(N)cc3)n2)cc1. The van der Waals surface area contributed by atoms with Gasteiger partial charge in [0.2, 0.25) is 0 Å². The summed E-state index contributed by atoms with van der Waals surface area (Å²) in [6, 6.07) is 23.4. The van der Waals surface area contributed by atoms with E-state index in [2.05, 4.69) is 10.1 Å². The van der Waals surface area contributed by atoms with Crippen molar-refractivity contribution in [3.8, 4) is 34.6 Å². The molecule has 0 saturated carbocycles. The fourth-order valence-corrected chi connectivity index (χ4v) is 3.15. The summed E-state index contributed by atoms with van der Waals surface area (Å²) in [7, 11) is 3.29. The smallest absolute Gasteiger partial charge is 0.336 e. The zero-order valence-corrected chi connectivity index (χ0v) is 17.5. The lowest BCUT2D eigenvalue weighted by Gasteiger charge is -2.07. The molecule has 0 aliphatic carbocycles. The molecule has 0 fully saturated rings. The molecule has 0 spiro atoms. The lowest BCUT2D eigenvalue weighted by Crippen LogP contribution is -2.03. The minimum absolute atomic E-state index is 0.308. The second-order valence-corrected chi connectivity index (χ2v) is 6.90. The van der Waals surface area contributed by atoms with E-state index in [4.69, 9.17) is 19.9 Å².